The number of hydrogen-bond acceptors (Lipinski definition) is 3. The molecule has 0 amide bonds. The van der Waals surface area contributed by atoms with Crippen molar-refractivity contribution in [3.05, 3.63) is 22.3 Å². The molecule has 0 spiro atoms. The highest BCUT2D eigenvalue weighted by Gasteiger charge is 1.97. The van der Waals surface area contributed by atoms with Gasteiger partial charge in [0.15, 0.2) is 5.82 Å². The maximum atomic E-state index is 8.23. The van der Waals surface area contributed by atoms with Crippen molar-refractivity contribution in [2.75, 3.05) is 0 Å². The lowest BCUT2D eigenvalue weighted by Crippen LogP contribution is -2.01. The van der Waals surface area contributed by atoms with Gasteiger partial charge in [-0.05, 0) is 34.5 Å². The van der Waals surface area contributed by atoms with Gasteiger partial charge in [-0.15, -0.1) is 0 Å². The van der Waals surface area contributed by atoms with Crippen LogP contribution in [0, 0.1) is 6.92 Å². The van der Waals surface area contributed by atoms with Crippen LogP contribution >= 0.6 is 15.9 Å². The summed E-state index contributed by atoms with van der Waals surface area (Å²) in [4.78, 5) is 7.84. The zero-order valence-electron chi connectivity index (χ0n) is 6.45. The van der Waals surface area contributed by atoms with Crippen LogP contribution in [0.3, 0.4) is 0 Å². The van der Waals surface area contributed by atoms with Crippen LogP contribution in [0.4, 0.5) is 5.82 Å². The van der Waals surface area contributed by atoms with Crippen LogP contribution in [0.2, 0.25) is 0 Å². The van der Waals surface area contributed by atoms with E-state index in [1.165, 1.54) is 0 Å². The van der Waals surface area contributed by atoms with Crippen LogP contribution in [0.25, 0.3) is 0 Å². The standard InChI is InChI=1S/C7H8BrN3O/c1-5-2-6(8)7(9-3-5)10-4-11-12/h2-4,12H,1H3,(H,9,10,11). The molecule has 0 aromatic carbocycles. The molecule has 1 aromatic rings. The van der Waals surface area contributed by atoms with E-state index in [9.17, 15) is 0 Å². The average molecular weight is 230 g/mol. The minimum Gasteiger partial charge on any atom is -0.290 e. The van der Waals surface area contributed by atoms with Gasteiger partial charge >= 0.3 is 0 Å². The van der Waals surface area contributed by atoms with E-state index in [-0.39, 0.29) is 0 Å². The minimum absolute atomic E-state index is 0.530. The van der Waals surface area contributed by atoms with Gasteiger partial charge in [0, 0.05) is 6.20 Å². The molecule has 12 heavy (non-hydrogen) atoms. The summed E-state index contributed by atoms with van der Waals surface area (Å²) in [6.45, 7) is 1.94. The van der Waals surface area contributed by atoms with Crippen molar-refractivity contribution in [3.8, 4) is 0 Å². The third kappa shape index (κ3) is 2.28. The van der Waals surface area contributed by atoms with Crippen LogP contribution < -0.4 is 5.48 Å². The maximum Gasteiger partial charge on any atom is 0.167 e. The number of halogens is 1. The highest BCUT2D eigenvalue weighted by atomic mass is 79.9. The third-order valence-corrected chi connectivity index (χ3v) is 1.79. The Labute approximate surface area is 78.4 Å². The summed E-state index contributed by atoms with van der Waals surface area (Å²) in [6.07, 6.45) is 2.86. The van der Waals surface area contributed by atoms with Crippen LogP contribution in [0.1, 0.15) is 5.56 Å². The SMILES string of the molecule is Cc1cnc(N=CNO)c(Br)c1. The van der Waals surface area contributed by atoms with Crippen molar-refractivity contribution in [1.29, 1.82) is 0 Å². The van der Waals surface area contributed by atoms with Crippen LogP contribution in [-0.2, 0) is 0 Å². The number of hydroxylamine groups is 1. The summed E-state index contributed by atoms with van der Waals surface area (Å²) >= 11 is 3.29. The quantitative estimate of drug-likeness (QED) is 0.462. The number of hydrogen-bond donors (Lipinski definition) is 2. The highest BCUT2D eigenvalue weighted by Crippen LogP contribution is 2.22. The molecule has 1 heterocycles. The normalized spacial score (nSPS) is 10.6. The van der Waals surface area contributed by atoms with Gasteiger partial charge in [-0.1, -0.05) is 0 Å². The summed E-state index contributed by atoms with van der Waals surface area (Å²) < 4.78 is 0.800. The number of aryl methyl sites for hydroxylation is 1. The third-order valence-electron chi connectivity index (χ3n) is 1.20. The summed E-state index contributed by atoms with van der Waals surface area (Å²) in [5, 5.41) is 8.23. The van der Waals surface area contributed by atoms with E-state index in [0.717, 1.165) is 16.4 Å². The predicted octanol–water partition coefficient (Wildman–Crippen LogP) is 1.79. The van der Waals surface area contributed by atoms with Crippen molar-refractivity contribution < 1.29 is 5.21 Å². The van der Waals surface area contributed by atoms with Gasteiger partial charge in [0.2, 0.25) is 0 Å². The van der Waals surface area contributed by atoms with Gasteiger partial charge in [-0.25, -0.2) is 9.98 Å². The van der Waals surface area contributed by atoms with E-state index >= 15 is 0 Å². The molecule has 1 aromatic heterocycles. The maximum absolute atomic E-state index is 8.23. The van der Waals surface area contributed by atoms with Crippen LogP contribution in [-0.4, -0.2) is 16.5 Å². The second-order valence-corrected chi connectivity index (χ2v) is 3.06. The Morgan fingerprint density at radius 1 is 1.75 bits per heavy atom. The summed E-state index contributed by atoms with van der Waals surface area (Å²) in [5.41, 5.74) is 2.86. The molecule has 0 aliphatic rings. The van der Waals surface area contributed by atoms with Crippen molar-refractivity contribution in [1.82, 2.24) is 10.5 Å². The van der Waals surface area contributed by atoms with Crippen LogP contribution in [0.15, 0.2) is 21.7 Å². The average Bonchev–Trinajstić information content (AvgIpc) is 2.03. The smallest absolute Gasteiger partial charge is 0.167 e. The zero-order valence-corrected chi connectivity index (χ0v) is 8.04. The van der Waals surface area contributed by atoms with Crippen molar-refractivity contribution in [2.45, 2.75) is 6.92 Å². The van der Waals surface area contributed by atoms with Crippen molar-refractivity contribution in [3.63, 3.8) is 0 Å². The second-order valence-electron chi connectivity index (χ2n) is 2.21. The molecular weight excluding hydrogens is 222 g/mol. The fourth-order valence-corrected chi connectivity index (χ4v) is 1.28. The number of aliphatic imine (C=N–C) groups is 1. The second kappa shape index (κ2) is 4.18. The summed E-state index contributed by atoms with van der Waals surface area (Å²) in [7, 11) is 0. The van der Waals surface area contributed by atoms with E-state index in [0.29, 0.717) is 5.82 Å². The zero-order chi connectivity index (χ0) is 8.97. The number of rotatable bonds is 2. The lowest BCUT2D eigenvalue weighted by molar-refractivity contribution is 0.240. The Hall–Kier alpha value is -0.940. The Balaban J connectivity index is 2.94. The Morgan fingerprint density at radius 3 is 3.08 bits per heavy atom. The molecule has 4 nitrogen and oxygen atoms in total. The topological polar surface area (TPSA) is 57.5 Å². The lowest BCUT2D eigenvalue weighted by atomic mass is 10.3. The Morgan fingerprint density at radius 2 is 2.50 bits per heavy atom. The van der Waals surface area contributed by atoms with E-state index < -0.39 is 0 Å². The Bertz CT molecular complexity index is 301. The predicted molar refractivity (Wildman–Crippen MR) is 49.7 cm³/mol. The number of nitrogens with one attached hydrogen (secondary N) is 1. The molecular formula is C7H8BrN3O. The fraction of sp³-hybridized carbons (Fsp3) is 0.143. The first-order valence-corrected chi connectivity index (χ1v) is 4.07. The Kier molecular flexibility index (Phi) is 3.19. The number of aromatic nitrogens is 1. The van der Waals surface area contributed by atoms with Gasteiger partial charge in [-0.2, -0.15) is 0 Å². The van der Waals surface area contributed by atoms with Gasteiger partial charge in [0.05, 0.1) is 4.47 Å². The van der Waals surface area contributed by atoms with Crippen LogP contribution in [0.5, 0.6) is 0 Å². The van der Waals surface area contributed by atoms with Crippen molar-refractivity contribution >= 4 is 28.1 Å². The van der Waals surface area contributed by atoms with E-state index in [1.807, 2.05) is 13.0 Å². The molecule has 2 N–H and O–H groups in total. The molecule has 0 aliphatic carbocycles. The fourth-order valence-electron chi connectivity index (χ4n) is 0.711. The number of nitrogens with zero attached hydrogens (tertiary/aromatic N) is 2. The largest absolute Gasteiger partial charge is 0.290 e. The number of pyridine rings is 1. The molecule has 1 rings (SSSR count). The molecule has 0 saturated heterocycles. The first-order valence-electron chi connectivity index (χ1n) is 3.28. The molecule has 64 valence electrons. The molecule has 0 aliphatic heterocycles. The van der Waals surface area contributed by atoms with Gasteiger partial charge in [0.1, 0.15) is 6.34 Å². The van der Waals surface area contributed by atoms with Gasteiger partial charge < -0.3 is 0 Å². The molecule has 0 unspecified atom stereocenters. The molecule has 0 saturated carbocycles. The molecule has 0 bridgehead atoms. The molecule has 0 radical (unpaired) electrons. The van der Waals surface area contributed by atoms with Gasteiger partial charge in [-0.3, -0.25) is 10.7 Å². The van der Waals surface area contributed by atoms with E-state index in [4.69, 9.17) is 5.21 Å². The monoisotopic (exact) mass is 229 g/mol. The highest BCUT2D eigenvalue weighted by molar-refractivity contribution is 9.10. The van der Waals surface area contributed by atoms with E-state index in [1.54, 1.807) is 11.7 Å². The minimum atomic E-state index is 0.530. The molecule has 0 fully saturated rings. The summed E-state index contributed by atoms with van der Waals surface area (Å²) in [6, 6.07) is 1.90. The van der Waals surface area contributed by atoms with E-state index in [2.05, 4.69) is 25.9 Å². The first kappa shape index (κ1) is 9.15. The summed E-state index contributed by atoms with van der Waals surface area (Å²) in [5.74, 6) is 0.530. The lowest BCUT2D eigenvalue weighted by Gasteiger charge is -1.97. The molecule has 5 heteroatoms. The van der Waals surface area contributed by atoms with Crippen molar-refractivity contribution in [2.24, 2.45) is 4.99 Å². The first-order chi connectivity index (χ1) is 5.74. The molecule has 0 atom stereocenters. The van der Waals surface area contributed by atoms with Gasteiger partial charge in [0.25, 0.3) is 0 Å².